The smallest absolute Gasteiger partial charge is 0.0373 e. The minimum Gasteiger partial charge on any atom is -0.123 e. The highest BCUT2D eigenvalue weighted by molar-refractivity contribution is 6.20. The van der Waals surface area contributed by atoms with Crippen LogP contribution < -0.4 is 0 Å². The molecule has 29 heavy (non-hydrogen) atoms. The first kappa shape index (κ1) is 22.2. The van der Waals surface area contributed by atoms with Crippen molar-refractivity contribution < 1.29 is 0 Å². The maximum Gasteiger partial charge on any atom is 0.0373 e. The molecule has 166 valence electrons. The van der Waals surface area contributed by atoms with E-state index in [4.69, 9.17) is 11.6 Å². The molecule has 0 radical (unpaired) electrons. The SMILES string of the molecule is CC(C)CCCCC(C)C1CCC2C3CC=C4CC(Cl)CCC4(C)C3CCC12C. The number of fused-ring (bicyclic) bond motifs is 5. The summed E-state index contributed by atoms with van der Waals surface area (Å²) < 4.78 is 0. The molecule has 4 aliphatic carbocycles. The van der Waals surface area contributed by atoms with Gasteiger partial charge >= 0.3 is 0 Å². The van der Waals surface area contributed by atoms with Gasteiger partial charge in [0.15, 0.2) is 0 Å². The minimum atomic E-state index is 0.395. The predicted octanol–water partition coefficient (Wildman–Crippen LogP) is 9.03. The summed E-state index contributed by atoms with van der Waals surface area (Å²) in [5.74, 6) is 5.63. The summed E-state index contributed by atoms with van der Waals surface area (Å²) in [5, 5.41) is 0.395. The maximum absolute atomic E-state index is 6.57. The highest BCUT2D eigenvalue weighted by atomic mass is 35.5. The Labute approximate surface area is 186 Å². The number of rotatable bonds is 6. The number of unbranched alkanes of at least 4 members (excludes halogenated alkanes) is 1. The van der Waals surface area contributed by atoms with Crippen molar-refractivity contribution in [3.05, 3.63) is 11.6 Å². The molecular weight excluding hydrogens is 372 g/mol. The summed E-state index contributed by atoms with van der Waals surface area (Å²) in [7, 11) is 0. The Bertz CT molecular complexity index is 605. The fourth-order valence-electron chi connectivity index (χ4n) is 8.81. The van der Waals surface area contributed by atoms with Crippen molar-refractivity contribution in [3.63, 3.8) is 0 Å². The molecule has 3 saturated carbocycles. The standard InChI is InChI=1S/C28H47Cl/c1-19(2)8-6-7-9-20(3)24-12-13-25-23-11-10-21-18-22(29)14-16-27(21,4)26(23)15-17-28(24,25)5/h10,19-20,22-26H,6-9,11-18H2,1-5H3. The van der Waals surface area contributed by atoms with Crippen LogP contribution in [-0.2, 0) is 0 Å². The summed E-state index contributed by atoms with van der Waals surface area (Å²) in [6, 6.07) is 0. The van der Waals surface area contributed by atoms with E-state index < -0.39 is 0 Å². The fraction of sp³-hybridized carbons (Fsp3) is 0.929. The molecular formula is C28H47Cl. The molecule has 0 aliphatic heterocycles. The van der Waals surface area contributed by atoms with Crippen LogP contribution in [0.25, 0.3) is 0 Å². The number of allylic oxidation sites excluding steroid dienone is 2. The summed E-state index contributed by atoms with van der Waals surface area (Å²) >= 11 is 6.57. The molecule has 0 aromatic heterocycles. The zero-order valence-electron chi connectivity index (χ0n) is 20.0. The fourth-order valence-corrected chi connectivity index (χ4v) is 9.09. The van der Waals surface area contributed by atoms with Gasteiger partial charge in [-0.1, -0.05) is 72.0 Å². The topological polar surface area (TPSA) is 0 Å². The van der Waals surface area contributed by atoms with Gasteiger partial charge < -0.3 is 0 Å². The molecule has 0 bridgehead atoms. The van der Waals surface area contributed by atoms with Gasteiger partial charge in [-0.25, -0.2) is 0 Å². The quantitative estimate of drug-likeness (QED) is 0.229. The highest BCUT2D eigenvalue weighted by Crippen LogP contribution is 2.67. The van der Waals surface area contributed by atoms with Crippen molar-refractivity contribution in [2.45, 2.75) is 117 Å². The second kappa shape index (κ2) is 8.52. The van der Waals surface area contributed by atoms with Crippen LogP contribution in [-0.4, -0.2) is 5.38 Å². The van der Waals surface area contributed by atoms with Gasteiger partial charge in [0.05, 0.1) is 0 Å². The van der Waals surface area contributed by atoms with Crippen molar-refractivity contribution >= 4 is 11.6 Å². The molecule has 4 aliphatic rings. The molecule has 0 heterocycles. The second-order valence-electron chi connectivity index (χ2n) is 12.5. The van der Waals surface area contributed by atoms with Crippen molar-refractivity contribution in [3.8, 4) is 0 Å². The van der Waals surface area contributed by atoms with Crippen molar-refractivity contribution in [1.82, 2.24) is 0 Å². The average Bonchev–Trinajstić information content (AvgIpc) is 3.03. The van der Waals surface area contributed by atoms with E-state index in [0.717, 1.165) is 35.5 Å². The first-order chi connectivity index (χ1) is 13.8. The zero-order valence-corrected chi connectivity index (χ0v) is 20.7. The Balaban J connectivity index is 1.44. The Morgan fingerprint density at radius 1 is 0.966 bits per heavy atom. The minimum absolute atomic E-state index is 0.395. The third kappa shape index (κ3) is 3.99. The van der Waals surface area contributed by atoms with Gasteiger partial charge in [0.2, 0.25) is 0 Å². The first-order valence-electron chi connectivity index (χ1n) is 13.1. The van der Waals surface area contributed by atoms with E-state index >= 15 is 0 Å². The lowest BCUT2D eigenvalue weighted by Crippen LogP contribution is -2.50. The van der Waals surface area contributed by atoms with E-state index in [2.05, 4.69) is 40.7 Å². The highest BCUT2D eigenvalue weighted by Gasteiger charge is 2.58. The van der Waals surface area contributed by atoms with E-state index in [0.29, 0.717) is 16.2 Å². The lowest BCUT2D eigenvalue weighted by molar-refractivity contribution is -0.0498. The molecule has 0 aromatic carbocycles. The van der Waals surface area contributed by atoms with E-state index in [1.807, 2.05) is 0 Å². The van der Waals surface area contributed by atoms with Crippen LogP contribution in [0.3, 0.4) is 0 Å². The van der Waals surface area contributed by atoms with Crippen molar-refractivity contribution in [2.24, 2.45) is 46.3 Å². The van der Waals surface area contributed by atoms with Gasteiger partial charge in [0.25, 0.3) is 0 Å². The van der Waals surface area contributed by atoms with Gasteiger partial charge in [-0.15, -0.1) is 11.6 Å². The van der Waals surface area contributed by atoms with E-state index in [1.165, 1.54) is 77.0 Å². The molecule has 0 saturated heterocycles. The molecule has 0 spiro atoms. The van der Waals surface area contributed by atoms with E-state index in [-0.39, 0.29) is 0 Å². The molecule has 0 amide bonds. The monoisotopic (exact) mass is 418 g/mol. The van der Waals surface area contributed by atoms with Crippen LogP contribution in [0.2, 0.25) is 0 Å². The van der Waals surface area contributed by atoms with E-state index in [9.17, 15) is 0 Å². The number of halogens is 1. The normalized spacial score (nSPS) is 45.3. The molecule has 8 atom stereocenters. The lowest BCUT2D eigenvalue weighted by Gasteiger charge is -2.58. The molecule has 0 aromatic rings. The lowest BCUT2D eigenvalue weighted by atomic mass is 9.47. The first-order valence-corrected chi connectivity index (χ1v) is 13.5. The Hall–Kier alpha value is 0.0300. The van der Waals surface area contributed by atoms with Crippen LogP contribution in [0, 0.1) is 46.3 Å². The zero-order chi connectivity index (χ0) is 20.8. The summed E-state index contributed by atoms with van der Waals surface area (Å²) in [6.45, 7) is 12.7. The third-order valence-electron chi connectivity index (χ3n) is 10.5. The van der Waals surface area contributed by atoms with Gasteiger partial charge in [-0.3, -0.25) is 0 Å². The summed E-state index contributed by atoms with van der Waals surface area (Å²) in [5.41, 5.74) is 2.82. The predicted molar refractivity (Wildman–Crippen MR) is 127 cm³/mol. The van der Waals surface area contributed by atoms with Crippen LogP contribution in [0.1, 0.15) is 112 Å². The Kier molecular flexibility index (Phi) is 6.53. The number of alkyl halides is 1. The molecule has 0 N–H and O–H groups in total. The van der Waals surface area contributed by atoms with Gasteiger partial charge in [-0.2, -0.15) is 0 Å². The maximum atomic E-state index is 6.57. The Morgan fingerprint density at radius 2 is 1.72 bits per heavy atom. The molecule has 1 heteroatoms. The molecule has 8 unspecified atom stereocenters. The molecule has 3 fully saturated rings. The van der Waals surface area contributed by atoms with Crippen LogP contribution in [0.4, 0.5) is 0 Å². The van der Waals surface area contributed by atoms with Gasteiger partial charge in [-0.05, 0) is 97.7 Å². The van der Waals surface area contributed by atoms with Gasteiger partial charge in [0.1, 0.15) is 0 Å². The average molecular weight is 419 g/mol. The van der Waals surface area contributed by atoms with Crippen LogP contribution in [0.5, 0.6) is 0 Å². The molecule has 4 rings (SSSR count). The molecule has 0 nitrogen and oxygen atoms in total. The van der Waals surface area contributed by atoms with Crippen LogP contribution in [0.15, 0.2) is 11.6 Å². The number of hydrogen-bond acceptors (Lipinski definition) is 0. The summed E-state index contributed by atoms with van der Waals surface area (Å²) in [6.07, 6.45) is 19.5. The van der Waals surface area contributed by atoms with Gasteiger partial charge in [0, 0.05) is 5.38 Å². The van der Waals surface area contributed by atoms with Crippen LogP contribution >= 0.6 is 11.6 Å². The third-order valence-corrected chi connectivity index (χ3v) is 10.9. The summed E-state index contributed by atoms with van der Waals surface area (Å²) in [4.78, 5) is 0. The second-order valence-corrected chi connectivity index (χ2v) is 13.1. The number of hydrogen-bond donors (Lipinski definition) is 0. The van der Waals surface area contributed by atoms with E-state index in [1.54, 1.807) is 5.57 Å². The van der Waals surface area contributed by atoms with Crippen molar-refractivity contribution in [2.75, 3.05) is 0 Å². The Morgan fingerprint density at radius 3 is 2.48 bits per heavy atom. The largest absolute Gasteiger partial charge is 0.123 e. The van der Waals surface area contributed by atoms with Crippen molar-refractivity contribution in [1.29, 1.82) is 0 Å².